The molecule has 4 rings (SSSR count). The summed E-state index contributed by atoms with van der Waals surface area (Å²) >= 11 is 1.45. The van der Waals surface area contributed by atoms with Crippen LogP contribution in [0.2, 0.25) is 0 Å². The summed E-state index contributed by atoms with van der Waals surface area (Å²) in [5, 5.41) is 4.15. The van der Waals surface area contributed by atoms with E-state index < -0.39 is 17.8 Å². The molecule has 6 nitrogen and oxygen atoms in total. The summed E-state index contributed by atoms with van der Waals surface area (Å²) in [6.45, 7) is 4.04. The second kappa shape index (κ2) is 7.52. The zero-order valence-electron chi connectivity index (χ0n) is 16.0. The summed E-state index contributed by atoms with van der Waals surface area (Å²) in [4.78, 5) is 39.4. The normalized spacial score (nSPS) is 15.9. The molecule has 0 bridgehead atoms. The third-order valence-corrected chi connectivity index (χ3v) is 5.73. The third-order valence-electron chi connectivity index (χ3n) is 4.86. The van der Waals surface area contributed by atoms with Crippen LogP contribution in [-0.2, 0) is 16.1 Å². The van der Waals surface area contributed by atoms with E-state index >= 15 is 0 Å². The number of amides is 4. The van der Waals surface area contributed by atoms with Gasteiger partial charge in [-0.05, 0) is 55.1 Å². The molecular formula is C22H19N3O3S. The molecule has 4 amide bonds. The molecule has 7 heteroatoms. The number of nitrogens with one attached hydrogen (secondary N) is 1. The van der Waals surface area contributed by atoms with Gasteiger partial charge in [0, 0.05) is 22.0 Å². The fourth-order valence-corrected chi connectivity index (χ4v) is 4.15. The Bertz CT molecular complexity index is 1130. The molecule has 1 aliphatic rings. The zero-order valence-corrected chi connectivity index (χ0v) is 16.8. The van der Waals surface area contributed by atoms with Crippen LogP contribution in [0.25, 0.3) is 11.8 Å². The Labute approximate surface area is 172 Å². The van der Waals surface area contributed by atoms with Gasteiger partial charge in [-0.2, -0.15) is 0 Å². The van der Waals surface area contributed by atoms with Crippen LogP contribution in [0.4, 0.5) is 4.79 Å². The van der Waals surface area contributed by atoms with E-state index in [1.54, 1.807) is 6.08 Å². The number of carbonyl (C=O) groups excluding carboxylic acids is 3. The Morgan fingerprint density at radius 3 is 2.48 bits per heavy atom. The molecule has 3 heterocycles. The second-order valence-corrected chi connectivity index (χ2v) is 7.82. The largest absolute Gasteiger partial charge is 0.331 e. The molecule has 0 radical (unpaired) electrons. The molecule has 0 saturated carbocycles. The van der Waals surface area contributed by atoms with Crippen LogP contribution >= 0.6 is 11.3 Å². The highest BCUT2D eigenvalue weighted by atomic mass is 32.1. The van der Waals surface area contributed by atoms with E-state index in [1.807, 2.05) is 67.8 Å². The van der Waals surface area contributed by atoms with Crippen LogP contribution in [0.1, 0.15) is 21.8 Å². The highest BCUT2D eigenvalue weighted by molar-refractivity contribution is 7.09. The zero-order chi connectivity index (χ0) is 20.5. The van der Waals surface area contributed by atoms with E-state index in [4.69, 9.17) is 0 Å². The Morgan fingerprint density at radius 1 is 1.03 bits per heavy atom. The van der Waals surface area contributed by atoms with Gasteiger partial charge < -0.3 is 4.57 Å². The number of urea groups is 1. The van der Waals surface area contributed by atoms with Crippen molar-refractivity contribution in [1.82, 2.24) is 14.8 Å². The van der Waals surface area contributed by atoms with Crippen molar-refractivity contribution in [1.29, 1.82) is 0 Å². The Hall–Kier alpha value is -3.45. The van der Waals surface area contributed by atoms with Gasteiger partial charge >= 0.3 is 6.03 Å². The lowest BCUT2D eigenvalue weighted by atomic mass is 10.1. The van der Waals surface area contributed by atoms with Crippen LogP contribution in [0.3, 0.4) is 0 Å². The Balaban J connectivity index is 1.71. The molecule has 1 fully saturated rings. The fraction of sp³-hybridized carbons (Fsp3) is 0.136. The minimum absolute atomic E-state index is 0.0468. The number of rotatable bonds is 4. The van der Waals surface area contributed by atoms with Gasteiger partial charge in [-0.1, -0.05) is 24.3 Å². The van der Waals surface area contributed by atoms with E-state index in [2.05, 4.69) is 9.88 Å². The van der Waals surface area contributed by atoms with Gasteiger partial charge in [0.15, 0.2) is 0 Å². The van der Waals surface area contributed by atoms with E-state index in [-0.39, 0.29) is 12.1 Å². The SMILES string of the molecule is Cc1cc(/C=C2/C(=O)NC(=O)N(Cc3cccs3)C2=O)c(C)n1-c1ccccc1. The molecule has 1 aromatic carbocycles. The lowest BCUT2D eigenvalue weighted by Crippen LogP contribution is -2.53. The molecule has 1 aliphatic heterocycles. The van der Waals surface area contributed by atoms with Crippen molar-refractivity contribution in [2.24, 2.45) is 0 Å². The molecular weight excluding hydrogens is 386 g/mol. The lowest BCUT2D eigenvalue weighted by Gasteiger charge is -2.25. The van der Waals surface area contributed by atoms with Crippen LogP contribution in [-0.4, -0.2) is 27.3 Å². The number of aryl methyl sites for hydroxylation is 1. The molecule has 0 atom stereocenters. The van der Waals surface area contributed by atoms with E-state index in [0.29, 0.717) is 0 Å². The number of hydrogen-bond acceptors (Lipinski definition) is 4. The maximum atomic E-state index is 12.9. The number of aromatic nitrogens is 1. The predicted molar refractivity (Wildman–Crippen MR) is 112 cm³/mol. The third kappa shape index (κ3) is 3.52. The summed E-state index contributed by atoms with van der Waals surface area (Å²) < 4.78 is 2.06. The van der Waals surface area contributed by atoms with E-state index in [9.17, 15) is 14.4 Å². The molecule has 1 saturated heterocycles. The van der Waals surface area contributed by atoms with Gasteiger partial charge in [0.05, 0.1) is 6.54 Å². The summed E-state index contributed by atoms with van der Waals surface area (Å²) in [6, 6.07) is 14.8. The summed E-state index contributed by atoms with van der Waals surface area (Å²) in [5.74, 6) is -1.26. The Kier molecular flexibility index (Phi) is 4.90. The monoisotopic (exact) mass is 405 g/mol. The first kappa shape index (κ1) is 18.9. The topological polar surface area (TPSA) is 71.4 Å². The first-order valence-electron chi connectivity index (χ1n) is 9.11. The number of imide groups is 2. The summed E-state index contributed by atoms with van der Waals surface area (Å²) in [6.07, 6.45) is 1.56. The molecule has 29 heavy (non-hydrogen) atoms. The van der Waals surface area contributed by atoms with Crippen molar-refractivity contribution in [3.8, 4) is 5.69 Å². The first-order chi connectivity index (χ1) is 14.0. The van der Waals surface area contributed by atoms with Crippen LogP contribution in [0.5, 0.6) is 0 Å². The molecule has 1 N–H and O–H groups in total. The fourth-order valence-electron chi connectivity index (χ4n) is 3.46. The average Bonchev–Trinajstić information content (AvgIpc) is 3.30. The molecule has 0 unspecified atom stereocenters. The highest BCUT2D eigenvalue weighted by Crippen LogP contribution is 2.25. The Morgan fingerprint density at radius 2 is 1.79 bits per heavy atom. The van der Waals surface area contributed by atoms with Crippen LogP contribution in [0, 0.1) is 13.8 Å². The van der Waals surface area contributed by atoms with Gasteiger partial charge in [-0.25, -0.2) is 4.79 Å². The molecule has 146 valence electrons. The number of carbonyl (C=O) groups is 3. The maximum absolute atomic E-state index is 12.9. The minimum atomic E-state index is -0.694. The predicted octanol–water partition coefficient (Wildman–Crippen LogP) is 3.82. The molecule has 0 spiro atoms. The number of thiophene rings is 1. The summed E-state index contributed by atoms with van der Waals surface area (Å²) in [7, 11) is 0. The summed E-state index contributed by atoms with van der Waals surface area (Å²) in [5.41, 5.74) is 3.60. The molecule has 3 aromatic rings. The number of nitrogens with zero attached hydrogens (tertiary/aromatic N) is 2. The minimum Gasteiger partial charge on any atom is -0.318 e. The smallest absolute Gasteiger partial charge is 0.318 e. The van der Waals surface area contributed by atoms with Crippen molar-refractivity contribution in [2.75, 3.05) is 0 Å². The lowest BCUT2D eigenvalue weighted by molar-refractivity contribution is -0.130. The van der Waals surface area contributed by atoms with Gasteiger partial charge in [0.1, 0.15) is 5.57 Å². The van der Waals surface area contributed by atoms with Crippen molar-refractivity contribution >= 4 is 35.3 Å². The van der Waals surface area contributed by atoms with Crippen molar-refractivity contribution in [3.05, 3.63) is 81.3 Å². The van der Waals surface area contributed by atoms with Crippen LogP contribution in [0.15, 0.2) is 59.5 Å². The number of para-hydroxylation sites is 1. The van der Waals surface area contributed by atoms with Gasteiger partial charge in [-0.15, -0.1) is 11.3 Å². The van der Waals surface area contributed by atoms with Crippen molar-refractivity contribution in [3.63, 3.8) is 0 Å². The quantitative estimate of drug-likeness (QED) is 0.530. The number of barbiturate groups is 1. The molecule has 0 aliphatic carbocycles. The van der Waals surface area contributed by atoms with Crippen molar-refractivity contribution in [2.45, 2.75) is 20.4 Å². The standard InChI is InChI=1S/C22H19N3O3S/c1-14-11-16(15(2)25(14)17-7-4-3-5-8-17)12-19-20(26)23-22(28)24(21(19)27)13-18-9-6-10-29-18/h3-12H,13H2,1-2H3,(H,23,26,28)/b19-12-. The highest BCUT2D eigenvalue weighted by Gasteiger charge is 2.36. The number of hydrogen-bond donors (Lipinski definition) is 1. The van der Waals surface area contributed by atoms with Crippen molar-refractivity contribution < 1.29 is 14.4 Å². The van der Waals surface area contributed by atoms with Gasteiger partial charge in [-0.3, -0.25) is 19.8 Å². The first-order valence-corrected chi connectivity index (χ1v) is 9.99. The van der Waals surface area contributed by atoms with Gasteiger partial charge in [0.25, 0.3) is 11.8 Å². The van der Waals surface area contributed by atoms with E-state index in [0.717, 1.165) is 32.4 Å². The second-order valence-electron chi connectivity index (χ2n) is 6.79. The number of benzene rings is 1. The maximum Gasteiger partial charge on any atom is 0.331 e. The average molecular weight is 405 g/mol. The van der Waals surface area contributed by atoms with Gasteiger partial charge in [0.2, 0.25) is 0 Å². The van der Waals surface area contributed by atoms with Crippen LogP contribution < -0.4 is 5.32 Å². The molecule has 2 aromatic heterocycles. The van der Waals surface area contributed by atoms with E-state index in [1.165, 1.54) is 11.3 Å².